The first kappa shape index (κ1) is 13.7. The summed E-state index contributed by atoms with van der Waals surface area (Å²) in [6.45, 7) is 9.09. The molecule has 92 valence electrons. The lowest BCUT2D eigenvalue weighted by Gasteiger charge is -2.25. The van der Waals surface area contributed by atoms with Crippen LogP contribution in [-0.4, -0.2) is 17.7 Å². The Morgan fingerprint density at radius 2 is 2.12 bits per heavy atom. The summed E-state index contributed by atoms with van der Waals surface area (Å²) < 4.78 is 0. The van der Waals surface area contributed by atoms with Crippen molar-refractivity contribution in [1.82, 2.24) is 5.32 Å². The number of rotatable bonds is 6. The summed E-state index contributed by atoms with van der Waals surface area (Å²) in [4.78, 5) is 1.02. The molecule has 0 saturated heterocycles. The zero-order valence-electron chi connectivity index (χ0n) is 10.7. The molecule has 2 N–H and O–H groups in total. The molecule has 3 heteroatoms. The van der Waals surface area contributed by atoms with Crippen molar-refractivity contribution < 1.29 is 5.11 Å². The maximum absolute atomic E-state index is 10.3. The smallest absolute Gasteiger partial charge is 0.108 e. The second-order valence-electron chi connectivity index (χ2n) is 5.16. The van der Waals surface area contributed by atoms with Crippen LogP contribution < -0.4 is 5.32 Å². The second-order valence-corrected chi connectivity index (χ2v) is 6.11. The van der Waals surface area contributed by atoms with Crippen LogP contribution in [0.5, 0.6) is 0 Å². The van der Waals surface area contributed by atoms with E-state index in [1.54, 1.807) is 11.3 Å². The Morgan fingerprint density at radius 3 is 2.62 bits per heavy atom. The number of thiophene rings is 1. The van der Waals surface area contributed by atoms with E-state index in [0.29, 0.717) is 18.5 Å². The second kappa shape index (κ2) is 5.80. The lowest BCUT2D eigenvalue weighted by atomic mass is 10.0. The highest BCUT2D eigenvalue weighted by Crippen LogP contribution is 2.24. The molecule has 1 heterocycles. The molecule has 0 spiro atoms. The summed E-state index contributed by atoms with van der Waals surface area (Å²) in [6.07, 6.45) is 1.14. The van der Waals surface area contributed by atoms with Gasteiger partial charge < -0.3 is 10.4 Å². The van der Waals surface area contributed by atoms with Crippen molar-refractivity contribution in [3.05, 3.63) is 22.4 Å². The monoisotopic (exact) mass is 241 g/mol. The summed E-state index contributed by atoms with van der Waals surface area (Å²) in [5.41, 5.74) is -0.751. The van der Waals surface area contributed by atoms with Crippen LogP contribution in [0.3, 0.4) is 0 Å². The van der Waals surface area contributed by atoms with E-state index >= 15 is 0 Å². The van der Waals surface area contributed by atoms with Gasteiger partial charge in [0, 0.05) is 17.5 Å². The molecule has 0 aliphatic heterocycles. The van der Waals surface area contributed by atoms with Crippen LogP contribution in [0, 0.1) is 5.92 Å². The highest BCUT2D eigenvalue weighted by Gasteiger charge is 2.24. The van der Waals surface area contributed by atoms with Crippen molar-refractivity contribution in [1.29, 1.82) is 0 Å². The Bertz CT molecular complexity index is 293. The lowest BCUT2D eigenvalue weighted by molar-refractivity contribution is 0.0573. The molecule has 0 saturated carbocycles. The SMILES string of the molecule is CC(C)CC(C)NCC(C)(O)c1cccs1. The molecule has 1 aromatic rings. The van der Waals surface area contributed by atoms with Gasteiger partial charge in [0.1, 0.15) is 5.60 Å². The van der Waals surface area contributed by atoms with Crippen molar-refractivity contribution in [3.63, 3.8) is 0 Å². The van der Waals surface area contributed by atoms with Crippen LogP contribution >= 0.6 is 11.3 Å². The van der Waals surface area contributed by atoms with Crippen LogP contribution in [0.1, 0.15) is 39.0 Å². The average molecular weight is 241 g/mol. The zero-order valence-corrected chi connectivity index (χ0v) is 11.5. The van der Waals surface area contributed by atoms with Gasteiger partial charge in [-0.2, -0.15) is 0 Å². The fourth-order valence-electron chi connectivity index (χ4n) is 1.84. The van der Waals surface area contributed by atoms with Gasteiger partial charge in [0.05, 0.1) is 0 Å². The fraction of sp³-hybridized carbons (Fsp3) is 0.692. The maximum atomic E-state index is 10.3. The Kier molecular flexibility index (Phi) is 4.96. The van der Waals surface area contributed by atoms with Gasteiger partial charge in [-0.3, -0.25) is 0 Å². The predicted octanol–water partition coefficient (Wildman–Crippen LogP) is 2.98. The van der Waals surface area contributed by atoms with E-state index in [-0.39, 0.29) is 0 Å². The number of hydrogen-bond acceptors (Lipinski definition) is 3. The van der Waals surface area contributed by atoms with E-state index in [1.807, 2.05) is 24.4 Å². The summed E-state index contributed by atoms with van der Waals surface area (Å²) >= 11 is 1.61. The molecule has 0 aromatic carbocycles. The largest absolute Gasteiger partial charge is 0.383 e. The lowest BCUT2D eigenvalue weighted by Crippen LogP contribution is -2.39. The molecule has 0 amide bonds. The average Bonchev–Trinajstić information content (AvgIpc) is 2.67. The van der Waals surface area contributed by atoms with E-state index in [0.717, 1.165) is 11.3 Å². The van der Waals surface area contributed by atoms with Crippen LogP contribution in [0.15, 0.2) is 17.5 Å². The number of aliphatic hydroxyl groups is 1. The van der Waals surface area contributed by atoms with Gasteiger partial charge in [0.15, 0.2) is 0 Å². The molecule has 2 atom stereocenters. The molecular formula is C13H23NOS. The molecule has 1 aromatic heterocycles. The topological polar surface area (TPSA) is 32.3 Å². The van der Waals surface area contributed by atoms with Crippen molar-refractivity contribution in [2.24, 2.45) is 5.92 Å². The first-order valence-corrected chi connectivity index (χ1v) is 6.79. The van der Waals surface area contributed by atoms with Crippen molar-refractivity contribution >= 4 is 11.3 Å². The van der Waals surface area contributed by atoms with E-state index in [4.69, 9.17) is 0 Å². The van der Waals surface area contributed by atoms with Crippen molar-refractivity contribution in [2.45, 2.75) is 45.8 Å². The minimum absolute atomic E-state index is 0.450. The highest BCUT2D eigenvalue weighted by atomic mass is 32.1. The van der Waals surface area contributed by atoms with Crippen LogP contribution in [-0.2, 0) is 5.60 Å². The molecule has 2 unspecified atom stereocenters. The van der Waals surface area contributed by atoms with Crippen LogP contribution in [0.2, 0.25) is 0 Å². The van der Waals surface area contributed by atoms with Crippen molar-refractivity contribution in [3.8, 4) is 0 Å². The maximum Gasteiger partial charge on any atom is 0.108 e. The fourth-order valence-corrected chi connectivity index (χ4v) is 2.62. The van der Waals surface area contributed by atoms with E-state index in [1.165, 1.54) is 0 Å². The Labute approximate surface area is 103 Å². The molecule has 0 bridgehead atoms. The van der Waals surface area contributed by atoms with E-state index < -0.39 is 5.60 Å². The minimum Gasteiger partial charge on any atom is -0.383 e. The Hall–Kier alpha value is -0.380. The van der Waals surface area contributed by atoms with Gasteiger partial charge in [0.25, 0.3) is 0 Å². The Morgan fingerprint density at radius 1 is 1.44 bits per heavy atom. The van der Waals surface area contributed by atoms with Crippen LogP contribution in [0.4, 0.5) is 0 Å². The standard InChI is InChI=1S/C13H23NOS/c1-10(2)8-11(3)14-9-13(4,15)12-6-5-7-16-12/h5-7,10-11,14-15H,8-9H2,1-4H3. The first-order chi connectivity index (χ1) is 7.42. The quantitative estimate of drug-likeness (QED) is 0.802. The molecular weight excluding hydrogens is 218 g/mol. The van der Waals surface area contributed by atoms with Gasteiger partial charge in [-0.1, -0.05) is 19.9 Å². The number of nitrogens with one attached hydrogen (secondary N) is 1. The normalized spacial score (nSPS) is 17.4. The molecule has 2 nitrogen and oxygen atoms in total. The van der Waals surface area contributed by atoms with Crippen LogP contribution in [0.25, 0.3) is 0 Å². The zero-order chi connectivity index (χ0) is 12.2. The van der Waals surface area contributed by atoms with Gasteiger partial charge in [-0.15, -0.1) is 11.3 Å². The Balaban J connectivity index is 2.42. The summed E-state index contributed by atoms with van der Waals surface area (Å²) in [5.74, 6) is 0.689. The molecule has 16 heavy (non-hydrogen) atoms. The molecule has 0 aliphatic carbocycles. The molecule has 0 aliphatic rings. The summed E-state index contributed by atoms with van der Waals surface area (Å²) in [6, 6.07) is 4.41. The summed E-state index contributed by atoms with van der Waals surface area (Å²) in [7, 11) is 0. The van der Waals surface area contributed by atoms with E-state index in [2.05, 4.69) is 26.1 Å². The van der Waals surface area contributed by atoms with Gasteiger partial charge in [-0.05, 0) is 37.6 Å². The predicted molar refractivity (Wildman–Crippen MR) is 70.8 cm³/mol. The minimum atomic E-state index is -0.751. The molecule has 1 rings (SSSR count). The summed E-state index contributed by atoms with van der Waals surface area (Å²) in [5, 5.41) is 15.7. The number of hydrogen-bond donors (Lipinski definition) is 2. The van der Waals surface area contributed by atoms with E-state index in [9.17, 15) is 5.11 Å². The molecule has 0 fully saturated rings. The van der Waals surface area contributed by atoms with Crippen molar-refractivity contribution in [2.75, 3.05) is 6.54 Å². The van der Waals surface area contributed by atoms with Gasteiger partial charge >= 0.3 is 0 Å². The third-order valence-electron chi connectivity index (χ3n) is 2.67. The van der Waals surface area contributed by atoms with Gasteiger partial charge in [0.2, 0.25) is 0 Å². The molecule has 0 radical (unpaired) electrons. The highest BCUT2D eigenvalue weighted by molar-refractivity contribution is 7.10. The first-order valence-electron chi connectivity index (χ1n) is 5.91. The third kappa shape index (κ3) is 4.24. The third-order valence-corrected chi connectivity index (χ3v) is 3.79. The van der Waals surface area contributed by atoms with Gasteiger partial charge in [-0.25, -0.2) is 0 Å².